The number of methoxy groups -OCH3 is 1. The van der Waals surface area contributed by atoms with Crippen LogP contribution in [0.2, 0.25) is 0 Å². The molecule has 1 heterocycles. The predicted molar refractivity (Wildman–Crippen MR) is 79.1 cm³/mol. The van der Waals surface area contributed by atoms with Gasteiger partial charge in [-0.2, -0.15) is 5.10 Å². The van der Waals surface area contributed by atoms with E-state index in [0.717, 1.165) is 5.69 Å². The summed E-state index contributed by atoms with van der Waals surface area (Å²) >= 11 is 0. The molecule has 0 saturated heterocycles. The summed E-state index contributed by atoms with van der Waals surface area (Å²) in [5.41, 5.74) is 7.48. The van der Waals surface area contributed by atoms with Crippen molar-refractivity contribution in [3.63, 3.8) is 0 Å². The van der Waals surface area contributed by atoms with Crippen molar-refractivity contribution in [1.82, 2.24) is 9.78 Å². The van der Waals surface area contributed by atoms with Crippen LogP contribution in [-0.4, -0.2) is 22.9 Å². The quantitative estimate of drug-likeness (QED) is 0.675. The van der Waals surface area contributed by atoms with E-state index in [1.165, 1.54) is 13.2 Å². The first-order valence-corrected chi connectivity index (χ1v) is 6.66. The monoisotopic (exact) mass is 289 g/mol. The summed E-state index contributed by atoms with van der Waals surface area (Å²) in [4.78, 5) is 11.4. The summed E-state index contributed by atoms with van der Waals surface area (Å²) in [5.74, 6) is 0.0886. The fourth-order valence-electron chi connectivity index (χ4n) is 1.82. The molecule has 112 valence electrons. The van der Waals surface area contributed by atoms with Gasteiger partial charge in [0.2, 0.25) is 0 Å². The van der Waals surface area contributed by atoms with Gasteiger partial charge in [0.1, 0.15) is 12.4 Å². The van der Waals surface area contributed by atoms with Crippen LogP contribution in [0.15, 0.2) is 30.5 Å². The first-order chi connectivity index (χ1) is 10.0. The maximum atomic E-state index is 11.4. The molecule has 0 spiro atoms. The molecule has 6 nitrogen and oxygen atoms in total. The first kappa shape index (κ1) is 14.9. The van der Waals surface area contributed by atoms with Crippen molar-refractivity contribution in [3.05, 3.63) is 41.7 Å². The summed E-state index contributed by atoms with van der Waals surface area (Å²) in [7, 11) is 1.33. The van der Waals surface area contributed by atoms with Crippen molar-refractivity contribution >= 4 is 11.7 Å². The summed E-state index contributed by atoms with van der Waals surface area (Å²) in [6.07, 6.45) is 1.91. The Morgan fingerprint density at radius 1 is 1.38 bits per heavy atom. The number of nitrogens with two attached hydrogens (primary N) is 1. The van der Waals surface area contributed by atoms with Crippen LogP contribution < -0.4 is 10.5 Å². The van der Waals surface area contributed by atoms with Gasteiger partial charge in [0.15, 0.2) is 0 Å². The molecule has 0 fully saturated rings. The van der Waals surface area contributed by atoms with Crippen LogP contribution in [0.4, 0.5) is 5.69 Å². The molecule has 1 aromatic carbocycles. The molecular weight excluding hydrogens is 270 g/mol. The molecule has 6 heteroatoms. The highest BCUT2D eigenvalue weighted by atomic mass is 16.5. The smallest absolute Gasteiger partial charge is 0.337 e. The molecule has 1 aromatic heterocycles. The molecule has 0 aliphatic heterocycles. The Kier molecular flexibility index (Phi) is 4.47. The number of anilines is 1. The van der Waals surface area contributed by atoms with E-state index in [9.17, 15) is 4.79 Å². The molecule has 0 radical (unpaired) electrons. The standard InChI is InChI=1S/C15H19N3O3/c1-10(2)18-7-6-12(17-18)9-21-14-5-4-11(8-13(14)16)15(19)20-3/h4-8,10H,9,16H2,1-3H3. The van der Waals surface area contributed by atoms with Gasteiger partial charge in [0.25, 0.3) is 0 Å². The molecule has 21 heavy (non-hydrogen) atoms. The fraction of sp³-hybridized carbons (Fsp3) is 0.333. The summed E-state index contributed by atoms with van der Waals surface area (Å²) in [6, 6.07) is 7.01. The Labute approximate surface area is 123 Å². The zero-order valence-electron chi connectivity index (χ0n) is 12.4. The third-order valence-electron chi connectivity index (χ3n) is 3.00. The zero-order valence-corrected chi connectivity index (χ0v) is 12.4. The SMILES string of the molecule is COC(=O)c1ccc(OCc2ccn(C(C)C)n2)c(N)c1. The number of rotatable bonds is 5. The van der Waals surface area contributed by atoms with E-state index in [4.69, 9.17) is 10.5 Å². The second-order valence-corrected chi connectivity index (χ2v) is 4.91. The van der Waals surface area contributed by atoms with Gasteiger partial charge >= 0.3 is 5.97 Å². The van der Waals surface area contributed by atoms with Crippen LogP contribution >= 0.6 is 0 Å². The minimum atomic E-state index is -0.427. The van der Waals surface area contributed by atoms with E-state index in [0.29, 0.717) is 29.6 Å². The van der Waals surface area contributed by atoms with Crippen LogP contribution in [0.1, 0.15) is 35.9 Å². The highest BCUT2D eigenvalue weighted by Gasteiger charge is 2.09. The number of benzene rings is 1. The number of nitrogens with zero attached hydrogens (tertiary/aromatic N) is 2. The molecule has 0 aliphatic rings. The van der Waals surface area contributed by atoms with E-state index in [2.05, 4.69) is 23.7 Å². The lowest BCUT2D eigenvalue weighted by molar-refractivity contribution is 0.0600. The Hall–Kier alpha value is -2.50. The number of carbonyl (C=O) groups is 1. The average Bonchev–Trinajstić information content (AvgIpc) is 2.94. The number of esters is 1. The molecule has 0 aliphatic carbocycles. The molecular formula is C15H19N3O3. The van der Waals surface area contributed by atoms with E-state index in [-0.39, 0.29) is 0 Å². The van der Waals surface area contributed by atoms with Crippen LogP contribution in [0.25, 0.3) is 0 Å². The molecule has 0 bridgehead atoms. The minimum absolute atomic E-state index is 0.308. The number of hydrogen-bond acceptors (Lipinski definition) is 5. The molecule has 0 amide bonds. The van der Waals surface area contributed by atoms with E-state index < -0.39 is 5.97 Å². The highest BCUT2D eigenvalue weighted by Crippen LogP contribution is 2.23. The van der Waals surface area contributed by atoms with Crippen LogP contribution in [0.5, 0.6) is 5.75 Å². The maximum absolute atomic E-state index is 11.4. The van der Waals surface area contributed by atoms with Gasteiger partial charge in [-0.25, -0.2) is 4.79 Å². The lowest BCUT2D eigenvalue weighted by Gasteiger charge is -2.09. The van der Waals surface area contributed by atoms with Gasteiger partial charge in [-0.15, -0.1) is 0 Å². The van der Waals surface area contributed by atoms with E-state index in [1.807, 2.05) is 16.9 Å². The van der Waals surface area contributed by atoms with E-state index in [1.54, 1.807) is 12.1 Å². The molecule has 2 rings (SSSR count). The topological polar surface area (TPSA) is 79.4 Å². The van der Waals surface area contributed by atoms with Gasteiger partial charge in [0.05, 0.1) is 24.1 Å². The van der Waals surface area contributed by atoms with Crippen LogP contribution in [0, 0.1) is 0 Å². The first-order valence-electron chi connectivity index (χ1n) is 6.66. The van der Waals surface area contributed by atoms with Gasteiger partial charge in [-0.3, -0.25) is 4.68 Å². The molecule has 2 aromatic rings. The number of ether oxygens (including phenoxy) is 2. The molecule has 0 unspecified atom stereocenters. The van der Waals surface area contributed by atoms with Crippen molar-refractivity contribution < 1.29 is 14.3 Å². The zero-order chi connectivity index (χ0) is 15.4. The minimum Gasteiger partial charge on any atom is -0.485 e. The largest absolute Gasteiger partial charge is 0.485 e. The predicted octanol–water partition coefficient (Wildman–Crippen LogP) is 2.41. The van der Waals surface area contributed by atoms with Crippen LogP contribution in [-0.2, 0) is 11.3 Å². The van der Waals surface area contributed by atoms with Gasteiger partial charge < -0.3 is 15.2 Å². The van der Waals surface area contributed by atoms with Gasteiger partial charge in [-0.1, -0.05) is 0 Å². The number of carbonyl (C=O) groups excluding carboxylic acids is 1. The highest BCUT2D eigenvalue weighted by molar-refractivity contribution is 5.90. The Morgan fingerprint density at radius 2 is 2.14 bits per heavy atom. The lowest BCUT2D eigenvalue weighted by Crippen LogP contribution is -2.05. The molecule has 0 saturated carbocycles. The third-order valence-corrected chi connectivity index (χ3v) is 3.00. The molecule has 0 atom stereocenters. The third kappa shape index (κ3) is 3.53. The van der Waals surface area contributed by atoms with Gasteiger partial charge in [0, 0.05) is 12.2 Å². The Bertz CT molecular complexity index is 635. The number of hydrogen-bond donors (Lipinski definition) is 1. The number of aromatic nitrogens is 2. The van der Waals surface area contributed by atoms with Crippen molar-refractivity contribution in [2.75, 3.05) is 12.8 Å². The van der Waals surface area contributed by atoms with E-state index >= 15 is 0 Å². The molecule has 2 N–H and O–H groups in total. The summed E-state index contributed by atoms with van der Waals surface area (Å²) in [5, 5.41) is 4.39. The van der Waals surface area contributed by atoms with Crippen molar-refractivity contribution in [1.29, 1.82) is 0 Å². The summed E-state index contributed by atoms with van der Waals surface area (Å²) < 4.78 is 12.1. The van der Waals surface area contributed by atoms with Crippen LogP contribution in [0.3, 0.4) is 0 Å². The number of nitrogen functional groups attached to an aromatic ring is 1. The van der Waals surface area contributed by atoms with Gasteiger partial charge in [-0.05, 0) is 38.1 Å². The lowest BCUT2D eigenvalue weighted by atomic mass is 10.2. The van der Waals surface area contributed by atoms with Crippen molar-refractivity contribution in [2.45, 2.75) is 26.5 Å². The van der Waals surface area contributed by atoms with Crippen molar-refractivity contribution in [2.24, 2.45) is 0 Å². The average molecular weight is 289 g/mol. The normalized spacial score (nSPS) is 10.7. The summed E-state index contributed by atoms with van der Waals surface area (Å²) in [6.45, 7) is 4.43. The Balaban J connectivity index is 2.04. The maximum Gasteiger partial charge on any atom is 0.337 e. The Morgan fingerprint density at radius 3 is 2.71 bits per heavy atom. The van der Waals surface area contributed by atoms with Crippen molar-refractivity contribution in [3.8, 4) is 5.75 Å². The fourth-order valence-corrected chi connectivity index (χ4v) is 1.82. The second-order valence-electron chi connectivity index (χ2n) is 4.91. The second kappa shape index (κ2) is 6.30.